The van der Waals surface area contributed by atoms with E-state index in [-0.39, 0.29) is 12.6 Å². The molecule has 21 heavy (non-hydrogen) atoms. The Hall–Kier alpha value is -1.26. The van der Waals surface area contributed by atoms with Crippen LogP contribution in [0.1, 0.15) is 52.4 Å². The number of amides is 2. The highest BCUT2D eigenvalue weighted by Gasteiger charge is 2.41. The maximum absolute atomic E-state index is 11.8. The second kappa shape index (κ2) is 6.67. The van der Waals surface area contributed by atoms with E-state index in [9.17, 15) is 14.7 Å². The average Bonchev–Trinajstić information content (AvgIpc) is 3.29. The summed E-state index contributed by atoms with van der Waals surface area (Å²) in [6.07, 6.45) is 5.70. The third kappa shape index (κ3) is 4.35. The van der Waals surface area contributed by atoms with Crippen LogP contribution in [0.5, 0.6) is 0 Å². The molecule has 5 nitrogen and oxygen atoms in total. The number of carbonyl (C=O) groups excluding carboxylic acids is 1. The van der Waals surface area contributed by atoms with Gasteiger partial charge in [-0.2, -0.15) is 0 Å². The van der Waals surface area contributed by atoms with Crippen molar-refractivity contribution in [3.05, 3.63) is 0 Å². The Balaban J connectivity index is 1.75. The van der Waals surface area contributed by atoms with Gasteiger partial charge in [-0.1, -0.05) is 13.8 Å². The summed E-state index contributed by atoms with van der Waals surface area (Å²) in [6.45, 7) is 5.22. The minimum atomic E-state index is -0.777. The molecule has 2 aliphatic rings. The van der Waals surface area contributed by atoms with Gasteiger partial charge in [0.2, 0.25) is 0 Å². The van der Waals surface area contributed by atoms with Crippen molar-refractivity contribution in [3.8, 4) is 0 Å². The van der Waals surface area contributed by atoms with E-state index in [2.05, 4.69) is 24.5 Å². The number of urea groups is 1. The van der Waals surface area contributed by atoms with Crippen LogP contribution in [0.3, 0.4) is 0 Å². The number of carbonyl (C=O) groups is 2. The topological polar surface area (TPSA) is 78.4 Å². The Bertz CT molecular complexity index is 385. The monoisotopic (exact) mass is 296 g/mol. The number of hydrogen-bond donors (Lipinski definition) is 3. The molecule has 0 bridgehead atoms. The highest BCUT2D eigenvalue weighted by Crippen LogP contribution is 2.38. The van der Waals surface area contributed by atoms with E-state index in [1.54, 1.807) is 0 Å². The van der Waals surface area contributed by atoms with Crippen molar-refractivity contribution in [1.29, 1.82) is 0 Å². The zero-order valence-electron chi connectivity index (χ0n) is 13.2. The summed E-state index contributed by atoms with van der Waals surface area (Å²) >= 11 is 0. The van der Waals surface area contributed by atoms with Crippen LogP contribution in [0.25, 0.3) is 0 Å². The fourth-order valence-electron chi connectivity index (χ4n) is 3.18. The van der Waals surface area contributed by atoms with Crippen LogP contribution in [0.2, 0.25) is 0 Å². The molecule has 2 fully saturated rings. The van der Waals surface area contributed by atoms with Crippen molar-refractivity contribution in [2.24, 2.45) is 23.2 Å². The normalized spacial score (nSPS) is 30.5. The van der Waals surface area contributed by atoms with Crippen LogP contribution >= 0.6 is 0 Å². The number of carboxylic acids is 1. The van der Waals surface area contributed by atoms with Crippen LogP contribution in [0.4, 0.5) is 4.79 Å². The largest absolute Gasteiger partial charge is 0.481 e. The summed E-state index contributed by atoms with van der Waals surface area (Å²) in [7, 11) is 0. The minimum Gasteiger partial charge on any atom is -0.481 e. The number of hydrogen-bond acceptors (Lipinski definition) is 2. The summed E-state index contributed by atoms with van der Waals surface area (Å²) in [4.78, 5) is 23.4. The van der Waals surface area contributed by atoms with Gasteiger partial charge in [0.1, 0.15) is 0 Å². The zero-order valence-corrected chi connectivity index (χ0v) is 13.2. The molecule has 0 saturated heterocycles. The van der Waals surface area contributed by atoms with Gasteiger partial charge in [0.15, 0.2) is 0 Å². The molecule has 0 heterocycles. The molecule has 2 saturated carbocycles. The summed E-state index contributed by atoms with van der Waals surface area (Å²) in [5.74, 6) is 1.09. The van der Waals surface area contributed by atoms with Crippen molar-refractivity contribution < 1.29 is 14.7 Å². The number of rotatable bonds is 6. The van der Waals surface area contributed by atoms with Gasteiger partial charge in [-0.25, -0.2) is 4.79 Å². The maximum Gasteiger partial charge on any atom is 0.314 e. The van der Waals surface area contributed by atoms with Gasteiger partial charge >= 0.3 is 12.0 Å². The Labute approximate surface area is 126 Å². The average molecular weight is 296 g/mol. The SMILES string of the molecule is CC1CCC(CNC(=O)NCC(C)C2CC2)(C(=O)O)CC1. The lowest BCUT2D eigenvalue weighted by molar-refractivity contribution is -0.151. The molecular formula is C16H28N2O3. The third-order valence-electron chi connectivity index (χ3n) is 5.28. The van der Waals surface area contributed by atoms with Crippen LogP contribution in [-0.4, -0.2) is 30.2 Å². The predicted molar refractivity (Wildman–Crippen MR) is 81.0 cm³/mol. The molecule has 5 heteroatoms. The molecular weight excluding hydrogens is 268 g/mol. The second-order valence-corrected chi connectivity index (χ2v) is 7.15. The number of nitrogens with one attached hydrogen (secondary N) is 2. The lowest BCUT2D eigenvalue weighted by Gasteiger charge is -2.35. The van der Waals surface area contributed by atoms with Crippen molar-refractivity contribution in [2.45, 2.75) is 52.4 Å². The summed E-state index contributed by atoms with van der Waals surface area (Å²) in [6, 6.07) is -0.234. The Kier molecular flexibility index (Phi) is 5.12. The summed E-state index contributed by atoms with van der Waals surface area (Å²) in [5.41, 5.74) is -0.772. The zero-order chi connectivity index (χ0) is 15.5. The molecule has 2 aliphatic carbocycles. The molecule has 0 aromatic rings. The summed E-state index contributed by atoms with van der Waals surface area (Å²) in [5, 5.41) is 15.2. The molecule has 1 atom stereocenters. The molecule has 2 rings (SSSR count). The van der Waals surface area contributed by atoms with Crippen molar-refractivity contribution >= 4 is 12.0 Å². The van der Waals surface area contributed by atoms with Crippen molar-refractivity contribution in [2.75, 3.05) is 13.1 Å². The Morgan fingerprint density at radius 2 is 1.81 bits per heavy atom. The van der Waals surface area contributed by atoms with Gasteiger partial charge in [0.05, 0.1) is 5.41 Å². The highest BCUT2D eigenvalue weighted by molar-refractivity contribution is 5.78. The number of carboxylic acid groups (broad SMARTS) is 1. The van der Waals surface area contributed by atoms with Gasteiger partial charge < -0.3 is 15.7 Å². The first-order valence-corrected chi connectivity index (χ1v) is 8.18. The minimum absolute atomic E-state index is 0.234. The van der Waals surface area contributed by atoms with Crippen molar-refractivity contribution in [1.82, 2.24) is 10.6 Å². The van der Waals surface area contributed by atoms with E-state index in [0.717, 1.165) is 18.8 Å². The fraction of sp³-hybridized carbons (Fsp3) is 0.875. The van der Waals surface area contributed by atoms with E-state index in [1.807, 2.05) is 0 Å². The van der Waals surface area contributed by atoms with Crippen LogP contribution in [0.15, 0.2) is 0 Å². The standard InChI is InChI=1S/C16H28N2O3/c1-11-5-7-16(8-6-11,14(19)20)10-18-15(21)17-9-12(2)13-3-4-13/h11-13H,3-10H2,1-2H3,(H,19,20)(H2,17,18,21). The third-order valence-corrected chi connectivity index (χ3v) is 5.28. The molecule has 0 aliphatic heterocycles. The molecule has 0 aromatic carbocycles. The molecule has 0 aromatic heterocycles. The van der Waals surface area contributed by atoms with Gasteiger partial charge in [-0.15, -0.1) is 0 Å². The smallest absolute Gasteiger partial charge is 0.314 e. The quantitative estimate of drug-likeness (QED) is 0.705. The van der Waals surface area contributed by atoms with E-state index in [4.69, 9.17) is 0 Å². The molecule has 3 N–H and O–H groups in total. The fourth-order valence-corrected chi connectivity index (χ4v) is 3.18. The first-order valence-electron chi connectivity index (χ1n) is 8.18. The first-order chi connectivity index (χ1) is 9.93. The summed E-state index contributed by atoms with van der Waals surface area (Å²) < 4.78 is 0. The lowest BCUT2D eigenvalue weighted by Crippen LogP contribution is -2.48. The molecule has 2 amide bonds. The molecule has 1 unspecified atom stereocenters. The second-order valence-electron chi connectivity index (χ2n) is 7.15. The maximum atomic E-state index is 11.8. The molecule has 120 valence electrons. The van der Waals surface area contributed by atoms with E-state index in [0.29, 0.717) is 31.2 Å². The van der Waals surface area contributed by atoms with Crippen LogP contribution in [0, 0.1) is 23.2 Å². The molecule has 0 spiro atoms. The van der Waals surface area contributed by atoms with Gasteiger partial charge in [0, 0.05) is 13.1 Å². The van der Waals surface area contributed by atoms with Gasteiger partial charge in [0.25, 0.3) is 0 Å². The van der Waals surface area contributed by atoms with E-state index >= 15 is 0 Å². The van der Waals surface area contributed by atoms with Gasteiger partial charge in [-0.3, -0.25) is 4.79 Å². The number of aliphatic carboxylic acids is 1. The lowest BCUT2D eigenvalue weighted by atomic mass is 9.71. The van der Waals surface area contributed by atoms with Crippen molar-refractivity contribution in [3.63, 3.8) is 0 Å². The Morgan fingerprint density at radius 3 is 2.33 bits per heavy atom. The molecule has 0 radical (unpaired) electrons. The predicted octanol–water partition coefficient (Wildman–Crippen LogP) is 2.61. The van der Waals surface area contributed by atoms with Crippen LogP contribution in [-0.2, 0) is 4.79 Å². The van der Waals surface area contributed by atoms with E-state index < -0.39 is 11.4 Å². The first kappa shape index (κ1) is 16.1. The Morgan fingerprint density at radius 1 is 1.19 bits per heavy atom. The highest BCUT2D eigenvalue weighted by atomic mass is 16.4. The van der Waals surface area contributed by atoms with Crippen LogP contribution < -0.4 is 10.6 Å². The van der Waals surface area contributed by atoms with Gasteiger partial charge in [-0.05, 0) is 56.3 Å². The van der Waals surface area contributed by atoms with E-state index in [1.165, 1.54) is 12.8 Å².